The second-order valence-corrected chi connectivity index (χ2v) is 5.72. The van der Waals surface area contributed by atoms with Crippen LogP contribution in [0, 0.1) is 0 Å². The summed E-state index contributed by atoms with van der Waals surface area (Å²) in [5, 5.41) is 0. The van der Waals surface area contributed by atoms with Gasteiger partial charge in [-0.1, -0.05) is 6.92 Å². The van der Waals surface area contributed by atoms with Crippen molar-refractivity contribution in [2.45, 2.75) is 38.6 Å². The summed E-state index contributed by atoms with van der Waals surface area (Å²) < 4.78 is 10.6. The van der Waals surface area contributed by atoms with Crippen LogP contribution >= 0.6 is 0 Å². The number of ketones is 1. The molecule has 0 saturated carbocycles. The van der Waals surface area contributed by atoms with Gasteiger partial charge in [0.05, 0.1) is 25.3 Å². The van der Waals surface area contributed by atoms with Crippen LogP contribution in [0.15, 0.2) is 18.2 Å². The molecular weight excluding hydrogens is 266 g/mol. The molecule has 1 aromatic carbocycles. The van der Waals surface area contributed by atoms with Crippen molar-refractivity contribution in [3.8, 4) is 11.5 Å². The Balaban J connectivity index is 2.37. The first kappa shape index (κ1) is 15.8. The molecule has 0 aromatic heterocycles. The van der Waals surface area contributed by atoms with Gasteiger partial charge in [-0.15, -0.1) is 0 Å². The van der Waals surface area contributed by atoms with Crippen molar-refractivity contribution < 1.29 is 14.3 Å². The number of hydrogen-bond donors (Lipinski definition) is 0. The van der Waals surface area contributed by atoms with Crippen molar-refractivity contribution in [3.63, 3.8) is 0 Å². The Kier molecular flexibility index (Phi) is 4.88. The molecule has 0 radical (unpaired) electrons. The summed E-state index contributed by atoms with van der Waals surface area (Å²) in [7, 11) is 3.20. The molecule has 1 atom stereocenters. The Hall–Kier alpha value is -1.55. The van der Waals surface area contributed by atoms with Crippen LogP contribution in [-0.2, 0) is 0 Å². The highest BCUT2D eigenvalue weighted by atomic mass is 16.5. The van der Waals surface area contributed by atoms with Crippen molar-refractivity contribution in [2.75, 3.05) is 27.3 Å². The number of Topliss-reactive ketones (excluding diaryl/α,β-unsaturated/α-hetero) is 1. The predicted molar refractivity (Wildman–Crippen MR) is 83.4 cm³/mol. The molecule has 1 aromatic rings. The highest BCUT2D eigenvalue weighted by Gasteiger charge is 2.40. The molecule has 2 rings (SSSR count). The van der Waals surface area contributed by atoms with Crippen LogP contribution in [-0.4, -0.2) is 43.5 Å². The van der Waals surface area contributed by atoms with Crippen LogP contribution in [0.2, 0.25) is 0 Å². The van der Waals surface area contributed by atoms with Gasteiger partial charge in [-0.05, 0) is 51.4 Å². The van der Waals surface area contributed by atoms with Gasteiger partial charge in [0.1, 0.15) is 11.5 Å². The van der Waals surface area contributed by atoms with E-state index in [0.717, 1.165) is 19.5 Å². The summed E-state index contributed by atoms with van der Waals surface area (Å²) in [6.45, 7) is 6.11. The Morgan fingerprint density at radius 2 is 1.90 bits per heavy atom. The zero-order chi connectivity index (χ0) is 15.5. The van der Waals surface area contributed by atoms with Gasteiger partial charge in [0.15, 0.2) is 5.78 Å². The molecule has 116 valence electrons. The Bertz CT molecular complexity index is 509. The number of benzene rings is 1. The fourth-order valence-corrected chi connectivity index (χ4v) is 3.01. The third kappa shape index (κ3) is 2.91. The van der Waals surface area contributed by atoms with E-state index in [4.69, 9.17) is 9.47 Å². The highest BCUT2D eigenvalue weighted by molar-refractivity contribution is 6.05. The van der Waals surface area contributed by atoms with Crippen LogP contribution in [0.4, 0.5) is 0 Å². The SMILES string of the molecule is CCC(C)(C(=O)c1ccc(OC)cc1OC)N1CCCC1. The maximum atomic E-state index is 13.1. The van der Waals surface area contributed by atoms with E-state index in [1.54, 1.807) is 20.3 Å². The minimum atomic E-state index is -0.460. The molecule has 21 heavy (non-hydrogen) atoms. The normalized spacial score (nSPS) is 18.3. The summed E-state index contributed by atoms with van der Waals surface area (Å²) >= 11 is 0. The first-order valence-electron chi connectivity index (χ1n) is 7.58. The minimum absolute atomic E-state index is 0.131. The topological polar surface area (TPSA) is 38.8 Å². The number of methoxy groups -OCH3 is 2. The summed E-state index contributed by atoms with van der Waals surface area (Å²) in [5.74, 6) is 1.41. The van der Waals surface area contributed by atoms with Gasteiger partial charge in [0.2, 0.25) is 0 Å². The standard InChI is InChI=1S/C17H25NO3/c1-5-17(2,18-10-6-7-11-18)16(19)14-9-8-13(20-3)12-15(14)21-4/h8-9,12H,5-7,10-11H2,1-4H3. The Morgan fingerprint density at radius 1 is 1.24 bits per heavy atom. The molecule has 1 aliphatic rings. The molecule has 0 amide bonds. The lowest BCUT2D eigenvalue weighted by molar-refractivity contribution is 0.0644. The molecular formula is C17H25NO3. The number of rotatable bonds is 6. The maximum absolute atomic E-state index is 13.1. The third-order valence-corrected chi connectivity index (χ3v) is 4.63. The average molecular weight is 291 g/mol. The number of ether oxygens (including phenoxy) is 2. The van der Waals surface area contributed by atoms with Crippen molar-refractivity contribution in [2.24, 2.45) is 0 Å². The second kappa shape index (κ2) is 6.48. The van der Waals surface area contributed by atoms with E-state index in [-0.39, 0.29) is 5.78 Å². The van der Waals surface area contributed by atoms with Crippen LogP contribution in [0.1, 0.15) is 43.5 Å². The second-order valence-electron chi connectivity index (χ2n) is 5.72. The zero-order valence-corrected chi connectivity index (χ0v) is 13.4. The number of hydrogen-bond acceptors (Lipinski definition) is 4. The highest BCUT2D eigenvalue weighted by Crippen LogP contribution is 2.33. The van der Waals surface area contributed by atoms with E-state index < -0.39 is 5.54 Å². The van der Waals surface area contributed by atoms with Gasteiger partial charge in [-0.3, -0.25) is 9.69 Å². The maximum Gasteiger partial charge on any atom is 0.186 e. The number of nitrogens with zero attached hydrogens (tertiary/aromatic N) is 1. The van der Waals surface area contributed by atoms with E-state index >= 15 is 0 Å². The quantitative estimate of drug-likeness (QED) is 0.755. The fraction of sp³-hybridized carbons (Fsp3) is 0.588. The van der Waals surface area contributed by atoms with E-state index in [1.807, 2.05) is 19.1 Å². The predicted octanol–water partition coefficient (Wildman–Crippen LogP) is 3.15. The third-order valence-electron chi connectivity index (χ3n) is 4.63. The largest absolute Gasteiger partial charge is 0.497 e. The van der Waals surface area contributed by atoms with Gasteiger partial charge in [-0.25, -0.2) is 0 Å². The molecule has 1 unspecified atom stereocenters. The molecule has 0 aliphatic carbocycles. The summed E-state index contributed by atoms with van der Waals surface area (Å²) in [4.78, 5) is 15.4. The Morgan fingerprint density at radius 3 is 2.43 bits per heavy atom. The molecule has 1 aliphatic heterocycles. The molecule has 1 saturated heterocycles. The van der Waals surface area contributed by atoms with Gasteiger partial charge in [0.25, 0.3) is 0 Å². The van der Waals surface area contributed by atoms with E-state index in [2.05, 4.69) is 11.8 Å². The van der Waals surface area contributed by atoms with Gasteiger partial charge in [-0.2, -0.15) is 0 Å². The van der Waals surface area contributed by atoms with Crippen molar-refractivity contribution in [1.82, 2.24) is 4.90 Å². The van der Waals surface area contributed by atoms with E-state index in [0.29, 0.717) is 17.1 Å². The molecule has 4 heteroatoms. The lowest BCUT2D eigenvalue weighted by Crippen LogP contribution is -2.50. The smallest absolute Gasteiger partial charge is 0.186 e. The minimum Gasteiger partial charge on any atom is -0.497 e. The number of carbonyl (C=O) groups excluding carboxylic acids is 1. The van der Waals surface area contributed by atoms with E-state index in [1.165, 1.54) is 12.8 Å². The van der Waals surface area contributed by atoms with Gasteiger partial charge >= 0.3 is 0 Å². The van der Waals surface area contributed by atoms with Crippen molar-refractivity contribution in [3.05, 3.63) is 23.8 Å². The van der Waals surface area contributed by atoms with Crippen molar-refractivity contribution in [1.29, 1.82) is 0 Å². The molecule has 1 fully saturated rings. The molecule has 0 bridgehead atoms. The Labute approximate surface area is 127 Å². The van der Waals surface area contributed by atoms with Crippen LogP contribution in [0.3, 0.4) is 0 Å². The fourth-order valence-electron chi connectivity index (χ4n) is 3.01. The average Bonchev–Trinajstić information content (AvgIpc) is 3.07. The summed E-state index contributed by atoms with van der Waals surface area (Å²) in [6.07, 6.45) is 3.13. The van der Waals surface area contributed by atoms with Gasteiger partial charge in [0, 0.05) is 6.07 Å². The van der Waals surface area contributed by atoms with E-state index in [9.17, 15) is 4.79 Å². The van der Waals surface area contributed by atoms with Crippen LogP contribution in [0.25, 0.3) is 0 Å². The van der Waals surface area contributed by atoms with Gasteiger partial charge < -0.3 is 9.47 Å². The van der Waals surface area contributed by atoms with Crippen molar-refractivity contribution >= 4 is 5.78 Å². The van der Waals surface area contributed by atoms with Crippen LogP contribution < -0.4 is 9.47 Å². The summed E-state index contributed by atoms with van der Waals surface area (Å²) in [6, 6.07) is 5.40. The molecule has 0 N–H and O–H groups in total. The number of likely N-dealkylation sites (tertiary alicyclic amines) is 1. The lowest BCUT2D eigenvalue weighted by Gasteiger charge is -2.37. The monoisotopic (exact) mass is 291 g/mol. The first-order valence-corrected chi connectivity index (χ1v) is 7.58. The zero-order valence-electron chi connectivity index (χ0n) is 13.4. The lowest BCUT2D eigenvalue weighted by atomic mass is 9.86. The molecule has 1 heterocycles. The number of carbonyl (C=O) groups is 1. The molecule has 0 spiro atoms. The van der Waals surface area contributed by atoms with Crippen LogP contribution in [0.5, 0.6) is 11.5 Å². The summed E-state index contributed by atoms with van der Waals surface area (Å²) in [5.41, 5.74) is 0.174. The molecule has 4 nitrogen and oxygen atoms in total. The first-order chi connectivity index (χ1) is 10.1.